The van der Waals surface area contributed by atoms with Gasteiger partial charge < -0.3 is 10.0 Å². The zero-order valence-corrected chi connectivity index (χ0v) is 12.9. The second-order valence-electron chi connectivity index (χ2n) is 5.33. The number of hydrogen-bond donors (Lipinski definition) is 1. The van der Waals surface area contributed by atoms with Crippen LogP contribution < -0.4 is 0 Å². The lowest BCUT2D eigenvalue weighted by atomic mass is 10.1. The number of carbonyl (C=O) groups is 1. The largest absolute Gasteiger partial charge is 0.395 e. The summed E-state index contributed by atoms with van der Waals surface area (Å²) in [7, 11) is 0. The highest BCUT2D eigenvalue weighted by atomic mass is 19.1. The van der Waals surface area contributed by atoms with Gasteiger partial charge in [0.1, 0.15) is 11.6 Å². The van der Waals surface area contributed by atoms with Crippen molar-refractivity contribution in [1.82, 2.24) is 4.90 Å². The maximum absolute atomic E-state index is 13.9. The molecule has 0 saturated carbocycles. The van der Waals surface area contributed by atoms with E-state index < -0.39 is 17.5 Å². The van der Waals surface area contributed by atoms with Gasteiger partial charge in [-0.1, -0.05) is 30.3 Å². The number of amides is 1. The van der Waals surface area contributed by atoms with Gasteiger partial charge in [-0.3, -0.25) is 4.79 Å². The Labute approximate surface area is 134 Å². The fourth-order valence-electron chi connectivity index (χ4n) is 2.34. The number of benzene rings is 2. The topological polar surface area (TPSA) is 40.5 Å². The summed E-state index contributed by atoms with van der Waals surface area (Å²) in [5, 5.41) is 9.15. The van der Waals surface area contributed by atoms with Crippen LogP contribution in [0.4, 0.5) is 8.78 Å². The normalized spacial score (nSPS) is 10.6. The molecular weight excluding hydrogens is 300 g/mol. The molecular formula is C18H19F2NO2. The fourth-order valence-corrected chi connectivity index (χ4v) is 2.34. The molecule has 1 amide bonds. The van der Waals surface area contributed by atoms with Gasteiger partial charge in [-0.2, -0.15) is 0 Å². The molecule has 5 heteroatoms. The molecule has 0 aromatic heterocycles. The minimum absolute atomic E-state index is 0.0987. The van der Waals surface area contributed by atoms with Crippen molar-refractivity contribution in [2.24, 2.45) is 0 Å². The number of rotatable bonds is 6. The molecule has 0 bridgehead atoms. The van der Waals surface area contributed by atoms with Gasteiger partial charge in [0.05, 0.1) is 12.2 Å². The Balaban J connectivity index is 2.16. The fraction of sp³-hybridized carbons (Fsp3) is 0.278. The highest BCUT2D eigenvalue weighted by Crippen LogP contribution is 2.16. The standard InChI is InChI=1S/C18H19F2NO2/c1-13-11-15(17(20)12-16(13)19)18(23)21(9-10-22)8-7-14-5-3-2-4-6-14/h2-6,11-12,22H,7-10H2,1H3. The van der Waals surface area contributed by atoms with E-state index in [0.717, 1.165) is 11.6 Å². The third-order valence-electron chi connectivity index (χ3n) is 3.65. The second kappa shape index (κ2) is 7.83. The minimum atomic E-state index is -0.888. The van der Waals surface area contributed by atoms with E-state index in [1.165, 1.54) is 17.9 Å². The van der Waals surface area contributed by atoms with Crippen molar-refractivity contribution in [3.63, 3.8) is 0 Å². The zero-order chi connectivity index (χ0) is 16.8. The van der Waals surface area contributed by atoms with Gasteiger partial charge in [0.25, 0.3) is 5.91 Å². The number of aryl methyl sites for hydroxylation is 1. The summed E-state index contributed by atoms with van der Waals surface area (Å²) >= 11 is 0. The molecule has 3 nitrogen and oxygen atoms in total. The van der Waals surface area contributed by atoms with Gasteiger partial charge in [0.15, 0.2) is 0 Å². The molecule has 0 aliphatic carbocycles. The molecule has 0 atom stereocenters. The van der Waals surface area contributed by atoms with Crippen LogP contribution in [-0.4, -0.2) is 35.6 Å². The molecule has 0 unspecified atom stereocenters. The van der Waals surface area contributed by atoms with E-state index in [2.05, 4.69) is 0 Å². The summed E-state index contributed by atoms with van der Waals surface area (Å²) in [6.45, 7) is 1.70. The molecule has 0 radical (unpaired) electrons. The minimum Gasteiger partial charge on any atom is -0.395 e. The SMILES string of the molecule is Cc1cc(C(=O)N(CCO)CCc2ccccc2)c(F)cc1F. The number of halogens is 2. The first-order valence-corrected chi connectivity index (χ1v) is 7.42. The van der Waals surface area contributed by atoms with Crippen molar-refractivity contribution < 1.29 is 18.7 Å². The van der Waals surface area contributed by atoms with Gasteiger partial charge in [-0.25, -0.2) is 8.78 Å². The van der Waals surface area contributed by atoms with Gasteiger partial charge >= 0.3 is 0 Å². The van der Waals surface area contributed by atoms with E-state index in [1.807, 2.05) is 30.3 Å². The summed E-state index contributed by atoms with van der Waals surface area (Å²) in [5.74, 6) is -2.12. The average Bonchev–Trinajstić information content (AvgIpc) is 2.55. The van der Waals surface area contributed by atoms with Crippen molar-refractivity contribution in [1.29, 1.82) is 0 Å². The van der Waals surface area contributed by atoms with Crippen molar-refractivity contribution >= 4 is 5.91 Å². The predicted molar refractivity (Wildman–Crippen MR) is 84.2 cm³/mol. The molecule has 2 aromatic rings. The summed E-state index contributed by atoms with van der Waals surface area (Å²) < 4.78 is 27.2. The molecule has 2 rings (SSSR count). The van der Waals surface area contributed by atoms with Crippen LogP contribution in [0.5, 0.6) is 0 Å². The van der Waals surface area contributed by atoms with Gasteiger partial charge in [0, 0.05) is 19.2 Å². The maximum atomic E-state index is 13.9. The number of aliphatic hydroxyl groups excluding tert-OH is 1. The molecule has 0 aliphatic rings. The molecule has 0 aliphatic heterocycles. The molecule has 2 aromatic carbocycles. The van der Waals surface area contributed by atoms with Gasteiger partial charge in [-0.05, 0) is 30.5 Å². The van der Waals surface area contributed by atoms with E-state index in [1.54, 1.807) is 0 Å². The highest BCUT2D eigenvalue weighted by molar-refractivity contribution is 5.94. The first kappa shape index (κ1) is 17.1. The average molecular weight is 319 g/mol. The third-order valence-corrected chi connectivity index (χ3v) is 3.65. The van der Waals surface area contributed by atoms with Crippen LogP contribution in [0.2, 0.25) is 0 Å². The lowest BCUT2D eigenvalue weighted by Crippen LogP contribution is -2.36. The van der Waals surface area contributed by atoms with Crippen LogP contribution in [0.15, 0.2) is 42.5 Å². The highest BCUT2D eigenvalue weighted by Gasteiger charge is 2.20. The molecule has 0 saturated heterocycles. The Bertz CT molecular complexity index is 674. The maximum Gasteiger partial charge on any atom is 0.256 e. The number of nitrogens with zero attached hydrogens (tertiary/aromatic N) is 1. The summed E-state index contributed by atoms with van der Waals surface area (Å²) in [6, 6.07) is 11.5. The Kier molecular flexibility index (Phi) is 5.82. The van der Waals surface area contributed by atoms with Gasteiger partial charge in [-0.15, -0.1) is 0 Å². The molecule has 122 valence electrons. The molecule has 1 N–H and O–H groups in total. The summed E-state index contributed by atoms with van der Waals surface area (Å²) in [4.78, 5) is 13.9. The number of hydrogen-bond acceptors (Lipinski definition) is 2. The Morgan fingerprint density at radius 3 is 2.43 bits per heavy atom. The van der Waals surface area contributed by atoms with Crippen LogP contribution in [-0.2, 0) is 6.42 Å². The lowest BCUT2D eigenvalue weighted by molar-refractivity contribution is 0.0719. The quantitative estimate of drug-likeness (QED) is 0.889. The third kappa shape index (κ3) is 4.36. The summed E-state index contributed by atoms with van der Waals surface area (Å²) in [5.41, 5.74) is 1.08. The van der Waals surface area contributed by atoms with Crippen molar-refractivity contribution in [3.05, 3.63) is 70.8 Å². The molecule has 0 heterocycles. The molecule has 0 spiro atoms. The van der Waals surface area contributed by atoms with Crippen LogP contribution in [0.25, 0.3) is 0 Å². The number of carbonyl (C=O) groups excluding carboxylic acids is 1. The molecule has 23 heavy (non-hydrogen) atoms. The first-order chi connectivity index (χ1) is 11.0. The number of aliphatic hydroxyl groups is 1. The zero-order valence-electron chi connectivity index (χ0n) is 12.9. The van der Waals surface area contributed by atoms with Crippen LogP contribution in [0.1, 0.15) is 21.5 Å². The smallest absolute Gasteiger partial charge is 0.256 e. The van der Waals surface area contributed by atoms with Crippen LogP contribution in [0, 0.1) is 18.6 Å². The van der Waals surface area contributed by atoms with E-state index in [4.69, 9.17) is 5.11 Å². The Hall–Kier alpha value is -2.27. The summed E-state index contributed by atoms with van der Waals surface area (Å²) in [6.07, 6.45) is 0.592. The van der Waals surface area contributed by atoms with Crippen LogP contribution >= 0.6 is 0 Å². The Morgan fingerprint density at radius 2 is 1.78 bits per heavy atom. The first-order valence-electron chi connectivity index (χ1n) is 7.42. The lowest BCUT2D eigenvalue weighted by Gasteiger charge is -2.22. The van der Waals surface area contributed by atoms with E-state index >= 15 is 0 Å². The van der Waals surface area contributed by atoms with Crippen LogP contribution in [0.3, 0.4) is 0 Å². The monoisotopic (exact) mass is 319 g/mol. The van der Waals surface area contributed by atoms with Crippen molar-refractivity contribution in [3.8, 4) is 0 Å². The second-order valence-corrected chi connectivity index (χ2v) is 5.33. The van der Waals surface area contributed by atoms with E-state index in [-0.39, 0.29) is 24.3 Å². The Morgan fingerprint density at radius 1 is 1.09 bits per heavy atom. The molecule has 0 fully saturated rings. The van der Waals surface area contributed by atoms with E-state index in [0.29, 0.717) is 13.0 Å². The van der Waals surface area contributed by atoms with Crippen molar-refractivity contribution in [2.75, 3.05) is 19.7 Å². The van der Waals surface area contributed by atoms with E-state index in [9.17, 15) is 13.6 Å². The predicted octanol–water partition coefficient (Wildman–Crippen LogP) is 2.95. The van der Waals surface area contributed by atoms with Crippen molar-refractivity contribution in [2.45, 2.75) is 13.3 Å². The van der Waals surface area contributed by atoms with Gasteiger partial charge in [0.2, 0.25) is 0 Å².